The third-order valence-corrected chi connectivity index (χ3v) is 4.74. The Balaban J connectivity index is 2.11. The zero-order valence-corrected chi connectivity index (χ0v) is 15.6. The molecule has 1 heterocycles. The second-order valence-corrected chi connectivity index (χ2v) is 6.98. The van der Waals surface area contributed by atoms with E-state index in [1.165, 1.54) is 11.5 Å². The van der Waals surface area contributed by atoms with Crippen LogP contribution in [0, 0.1) is 6.57 Å². The van der Waals surface area contributed by atoms with Gasteiger partial charge in [0, 0.05) is 17.1 Å². The minimum atomic E-state index is -1.13. The van der Waals surface area contributed by atoms with Gasteiger partial charge >= 0.3 is 5.97 Å². The highest BCUT2D eigenvalue weighted by Gasteiger charge is 2.32. The van der Waals surface area contributed by atoms with E-state index in [0.29, 0.717) is 18.0 Å². The minimum Gasteiger partial charge on any atom is -0.475 e. The van der Waals surface area contributed by atoms with Crippen molar-refractivity contribution in [1.29, 1.82) is 0 Å². The molecule has 0 fully saturated rings. The summed E-state index contributed by atoms with van der Waals surface area (Å²) < 4.78 is 16.4. The summed E-state index contributed by atoms with van der Waals surface area (Å²) in [6, 6.07) is 11.1. The van der Waals surface area contributed by atoms with Crippen LogP contribution in [0.3, 0.4) is 0 Å². The summed E-state index contributed by atoms with van der Waals surface area (Å²) in [5, 5.41) is 1.00. The van der Waals surface area contributed by atoms with Crippen molar-refractivity contribution in [2.75, 3.05) is 6.61 Å². The highest BCUT2D eigenvalue weighted by molar-refractivity contribution is 7.14. The second-order valence-electron chi connectivity index (χ2n) is 6.17. The summed E-state index contributed by atoms with van der Waals surface area (Å²) in [4.78, 5) is 15.7. The first kappa shape index (κ1) is 17.9. The van der Waals surface area contributed by atoms with Gasteiger partial charge in [-0.1, -0.05) is 24.3 Å². The van der Waals surface area contributed by atoms with Crippen molar-refractivity contribution in [1.82, 2.24) is 4.37 Å². The Hall–Kier alpha value is -2.91. The van der Waals surface area contributed by atoms with Crippen molar-refractivity contribution in [2.45, 2.75) is 26.4 Å². The van der Waals surface area contributed by atoms with Gasteiger partial charge < -0.3 is 9.47 Å². The molecule has 0 N–H and O–H groups in total. The van der Waals surface area contributed by atoms with Crippen LogP contribution in [0.5, 0.6) is 5.75 Å². The van der Waals surface area contributed by atoms with E-state index in [4.69, 9.17) is 16.0 Å². The highest BCUT2D eigenvalue weighted by atomic mass is 32.1. The van der Waals surface area contributed by atoms with Crippen LogP contribution in [0.2, 0.25) is 0 Å². The number of aromatic nitrogens is 1. The molecular weight excluding hydrogens is 348 g/mol. The van der Waals surface area contributed by atoms with Crippen molar-refractivity contribution >= 4 is 33.3 Å². The van der Waals surface area contributed by atoms with Crippen LogP contribution >= 0.6 is 11.5 Å². The molecule has 3 aromatic rings. The summed E-state index contributed by atoms with van der Waals surface area (Å²) in [6.45, 7) is 12.6. The number of carbonyl (C=O) groups excluding carboxylic acids is 1. The van der Waals surface area contributed by atoms with Crippen LogP contribution < -0.4 is 4.74 Å². The summed E-state index contributed by atoms with van der Waals surface area (Å²) in [7, 11) is 0. The molecule has 0 amide bonds. The van der Waals surface area contributed by atoms with E-state index in [-0.39, 0.29) is 0 Å². The molecule has 132 valence electrons. The molecule has 1 aromatic heterocycles. The zero-order chi connectivity index (χ0) is 18.7. The lowest BCUT2D eigenvalue weighted by Crippen LogP contribution is -2.39. The van der Waals surface area contributed by atoms with E-state index in [9.17, 15) is 4.79 Å². The molecule has 0 aliphatic carbocycles. The lowest BCUT2D eigenvalue weighted by molar-refractivity contribution is -0.158. The molecule has 26 heavy (non-hydrogen) atoms. The summed E-state index contributed by atoms with van der Waals surface area (Å²) in [5.41, 5.74) is 1.21. The number of esters is 1. The molecule has 0 spiro atoms. The van der Waals surface area contributed by atoms with Crippen LogP contribution in [0.4, 0.5) is 5.69 Å². The molecule has 0 aliphatic rings. The molecule has 2 aromatic carbocycles. The zero-order valence-electron chi connectivity index (χ0n) is 14.8. The number of nitrogens with zero attached hydrogens (tertiary/aromatic N) is 2. The van der Waals surface area contributed by atoms with Gasteiger partial charge in [-0.15, -0.1) is 0 Å². The number of hydrogen-bond acceptors (Lipinski definition) is 5. The first-order valence-corrected chi connectivity index (χ1v) is 8.95. The predicted molar refractivity (Wildman–Crippen MR) is 103 cm³/mol. The Morgan fingerprint density at radius 2 is 1.96 bits per heavy atom. The molecule has 0 radical (unpaired) electrons. The molecular formula is C20H18N2O3S. The van der Waals surface area contributed by atoms with E-state index >= 15 is 0 Å². The SMILES string of the molecule is [C-]#[N+]c1ccc(-c2c(OC(C)(C)C(=O)OCC)ccc3cnsc23)cc1. The fourth-order valence-electron chi connectivity index (χ4n) is 2.60. The van der Waals surface area contributed by atoms with Gasteiger partial charge in [0.15, 0.2) is 11.3 Å². The van der Waals surface area contributed by atoms with Gasteiger partial charge in [0.1, 0.15) is 5.75 Å². The molecule has 0 unspecified atom stereocenters. The van der Waals surface area contributed by atoms with Crippen molar-refractivity contribution in [3.8, 4) is 16.9 Å². The molecule has 3 rings (SSSR count). The van der Waals surface area contributed by atoms with Gasteiger partial charge in [-0.05, 0) is 50.0 Å². The smallest absolute Gasteiger partial charge is 0.349 e. The number of carbonyl (C=O) groups is 1. The first-order chi connectivity index (χ1) is 12.5. The van der Waals surface area contributed by atoms with E-state index in [0.717, 1.165) is 21.2 Å². The van der Waals surface area contributed by atoms with Gasteiger partial charge in [0.2, 0.25) is 0 Å². The topological polar surface area (TPSA) is 52.8 Å². The average molecular weight is 366 g/mol. The van der Waals surface area contributed by atoms with Crippen LogP contribution in [0.15, 0.2) is 42.6 Å². The van der Waals surface area contributed by atoms with E-state index in [1.807, 2.05) is 24.3 Å². The second kappa shape index (κ2) is 7.14. The molecule has 0 saturated heterocycles. The minimum absolute atomic E-state index is 0.296. The van der Waals surface area contributed by atoms with Crippen LogP contribution in [0.1, 0.15) is 20.8 Å². The van der Waals surface area contributed by atoms with Gasteiger partial charge in [0.05, 0.1) is 17.9 Å². The fourth-order valence-corrected chi connectivity index (χ4v) is 3.41. The van der Waals surface area contributed by atoms with E-state index in [2.05, 4.69) is 9.22 Å². The van der Waals surface area contributed by atoms with E-state index in [1.54, 1.807) is 39.1 Å². The Labute approximate surface area is 156 Å². The van der Waals surface area contributed by atoms with Crippen LogP contribution in [-0.2, 0) is 9.53 Å². The molecule has 0 saturated carbocycles. The van der Waals surface area contributed by atoms with E-state index < -0.39 is 11.6 Å². The molecule has 5 nitrogen and oxygen atoms in total. The molecule has 0 bridgehead atoms. The average Bonchev–Trinajstić information content (AvgIpc) is 3.10. The highest BCUT2D eigenvalue weighted by Crippen LogP contribution is 2.41. The number of hydrogen-bond donors (Lipinski definition) is 0. The van der Waals surface area contributed by atoms with Gasteiger partial charge in [-0.25, -0.2) is 9.64 Å². The maximum absolute atomic E-state index is 12.2. The molecule has 0 aliphatic heterocycles. The fraction of sp³-hybridized carbons (Fsp3) is 0.250. The number of ether oxygens (including phenoxy) is 2. The summed E-state index contributed by atoms with van der Waals surface area (Å²) in [5.74, 6) is 0.161. The number of rotatable bonds is 5. The first-order valence-electron chi connectivity index (χ1n) is 8.18. The number of fused-ring (bicyclic) bond motifs is 1. The van der Waals surface area contributed by atoms with Gasteiger partial charge in [-0.3, -0.25) is 0 Å². The monoisotopic (exact) mass is 366 g/mol. The Morgan fingerprint density at radius 3 is 2.62 bits per heavy atom. The quantitative estimate of drug-likeness (QED) is 0.458. The van der Waals surface area contributed by atoms with Crippen molar-refractivity contribution < 1.29 is 14.3 Å². The normalized spacial score (nSPS) is 11.2. The maximum Gasteiger partial charge on any atom is 0.349 e. The van der Waals surface area contributed by atoms with Crippen molar-refractivity contribution in [3.05, 3.63) is 54.0 Å². The summed E-state index contributed by atoms with van der Waals surface area (Å²) in [6.07, 6.45) is 1.80. The summed E-state index contributed by atoms with van der Waals surface area (Å²) >= 11 is 1.37. The largest absolute Gasteiger partial charge is 0.475 e. The Morgan fingerprint density at radius 1 is 1.23 bits per heavy atom. The lowest BCUT2D eigenvalue weighted by Gasteiger charge is -2.25. The third kappa shape index (κ3) is 3.39. The lowest BCUT2D eigenvalue weighted by atomic mass is 10.0. The van der Waals surface area contributed by atoms with Crippen LogP contribution in [-0.4, -0.2) is 22.6 Å². The maximum atomic E-state index is 12.2. The standard InChI is InChI=1S/C20H18N2O3S/c1-5-24-19(23)20(2,3)25-16-11-8-14-12-22-26-18(14)17(16)13-6-9-15(21-4)10-7-13/h6-12H,5H2,1-3H3. The van der Waals surface area contributed by atoms with Crippen molar-refractivity contribution in [2.24, 2.45) is 0 Å². The Kier molecular flexibility index (Phi) is 4.92. The predicted octanol–water partition coefficient (Wildman–Crippen LogP) is 5.23. The molecule has 0 atom stereocenters. The third-order valence-electron chi connectivity index (χ3n) is 3.90. The van der Waals surface area contributed by atoms with Crippen molar-refractivity contribution in [3.63, 3.8) is 0 Å². The molecule has 6 heteroatoms. The number of benzene rings is 2. The van der Waals surface area contributed by atoms with Gasteiger partial charge in [-0.2, -0.15) is 4.37 Å². The van der Waals surface area contributed by atoms with Crippen LogP contribution in [0.25, 0.3) is 26.1 Å². The van der Waals surface area contributed by atoms with Gasteiger partial charge in [0.25, 0.3) is 0 Å². The Bertz CT molecular complexity index is 984.